The zero-order valence-electron chi connectivity index (χ0n) is 10.9. The van der Waals surface area contributed by atoms with Crippen molar-refractivity contribution in [2.45, 2.75) is 6.36 Å². The number of halogens is 4. The Labute approximate surface area is 131 Å². The van der Waals surface area contributed by atoms with E-state index in [0.29, 0.717) is 0 Å². The summed E-state index contributed by atoms with van der Waals surface area (Å²) in [4.78, 5) is 21.9. The Balaban J connectivity index is 2.58. The quantitative estimate of drug-likeness (QED) is 0.702. The van der Waals surface area contributed by atoms with Crippen molar-refractivity contribution < 1.29 is 37.3 Å². The van der Waals surface area contributed by atoms with Gasteiger partial charge in [0.1, 0.15) is 12.4 Å². The molecule has 10 heteroatoms. The van der Waals surface area contributed by atoms with E-state index in [1.165, 1.54) is 12.1 Å². The van der Waals surface area contributed by atoms with Crippen molar-refractivity contribution in [1.82, 2.24) is 5.32 Å². The van der Waals surface area contributed by atoms with Crippen LogP contribution in [0.1, 0.15) is 10.4 Å². The number of amides is 1. The van der Waals surface area contributed by atoms with Crippen molar-refractivity contribution in [3.63, 3.8) is 0 Å². The van der Waals surface area contributed by atoms with Crippen LogP contribution < -0.4 is 10.1 Å². The van der Waals surface area contributed by atoms with E-state index in [1.807, 2.05) is 0 Å². The number of carboxylic acid groups (broad SMARTS) is 1. The van der Waals surface area contributed by atoms with E-state index in [0.717, 1.165) is 6.07 Å². The van der Waals surface area contributed by atoms with Crippen LogP contribution in [-0.4, -0.2) is 43.1 Å². The van der Waals surface area contributed by atoms with Gasteiger partial charge in [0, 0.05) is 12.1 Å². The number of hydrogen-bond acceptors (Lipinski definition) is 4. The van der Waals surface area contributed by atoms with Crippen LogP contribution in [0.2, 0.25) is 0 Å². The number of rotatable bonds is 7. The number of carbonyl (C=O) groups is 2. The van der Waals surface area contributed by atoms with Crippen LogP contribution in [0, 0.1) is 0 Å². The number of alkyl halides is 3. The summed E-state index contributed by atoms with van der Waals surface area (Å²) in [5, 5.41) is 10.7. The van der Waals surface area contributed by atoms with Gasteiger partial charge < -0.3 is 19.9 Å². The fourth-order valence-electron chi connectivity index (χ4n) is 1.35. The molecule has 22 heavy (non-hydrogen) atoms. The van der Waals surface area contributed by atoms with Gasteiger partial charge in [0.15, 0.2) is 0 Å². The van der Waals surface area contributed by atoms with Gasteiger partial charge in [-0.3, -0.25) is 4.79 Å². The van der Waals surface area contributed by atoms with Crippen molar-refractivity contribution in [2.75, 3.05) is 19.8 Å². The van der Waals surface area contributed by atoms with Crippen LogP contribution in [0.25, 0.3) is 0 Å². The minimum absolute atomic E-state index is 0.0115. The largest absolute Gasteiger partial charge is 0.573 e. The van der Waals surface area contributed by atoms with E-state index in [-0.39, 0.29) is 23.2 Å². The van der Waals surface area contributed by atoms with Crippen molar-refractivity contribution in [2.24, 2.45) is 0 Å². The molecule has 0 heterocycles. The predicted molar refractivity (Wildman–Crippen MR) is 71.6 cm³/mol. The molecule has 0 aliphatic rings. The first-order valence-corrected chi connectivity index (χ1v) is 6.61. The summed E-state index contributed by atoms with van der Waals surface area (Å²) in [7, 11) is 0. The highest BCUT2D eigenvalue weighted by atomic mass is 79.9. The zero-order chi connectivity index (χ0) is 16.8. The lowest BCUT2D eigenvalue weighted by Crippen LogP contribution is -2.28. The molecular formula is C12H11BrF3NO5. The summed E-state index contributed by atoms with van der Waals surface area (Å²) >= 11 is 2.89. The lowest BCUT2D eigenvalue weighted by molar-refractivity contribution is -0.274. The molecule has 0 spiro atoms. The minimum atomic E-state index is -4.87. The third-order valence-corrected chi connectivity index (χ3v) is 2.83. The van der Waals surface area contributed by atoms with Crippen LogP contribution in [0.4, 0.5) is 13.2 Å². The van der Waals surface area contributed by atoms with Gasteiger partial charge in [-0.05, 0) is 34.1 Å². The highest BCUT2D eigenvalue weighted by Crippen LogP contribution is 2.31. The molecule has 0 saturated heterocycles. The molecule has 6 nitrogen and oxygen atoms in total. The Kier molecular flexibility index (Phi) is 6.62. The number of nitrogens with one attached hydrogen (secondary N) is 1. The van der Waals surface area contributed by atoms with E-state index >= 15 is 0 Å². The molecule has 0 fully saturated rings. The molecule has 0 aromatic heterocycles. The number of benzene rings is 1. The minimum Gasteiger partial charge on any atom is -0.480 e. The number of carboxylic acids is 1. The number of carbonyl (C=O) groups excluding carboxylic acids is 1. The maximum Gasteiger partial charge on any atom is 0.573 e. The maximum atomic E-state index is 12.2. The summed E-state index contributed by atoms with van der Waals surface area (Å²) in [6.45, 7) is -0.532. The Morgan fingerprint density at radius 3 is 2.59 bits per heavy atom. The molecule has 0 aliphatic heterocycles. The molecule has 0 unspecified atom stereocenters. The van der Waals surface area contributed by atoms with Crippen LogP contribution in [0.3, 0.4) is 0 Å². The van der Waals surface area contributed by atoms with Crippen LogP contribution in [0.15, 0.2) is 22.7 Å². The topological polar surface area (TPSA) is 84.9 Å². The summed E-state index contributed by atoms with van der Waals surface area (Å²) in [5.41, 5.74) is -0.0410. The van der Waals surface area contributed by atoms with Crippen LogP contribution in [-0.2, 0) is 9.53 Å². The monoisotopic (exact) mass is 385 g/mol. The predicted octanol–water partition coefficient (Wildman–Crippen LogP) is 2.18. The molecule has 0 bridgehead atoms. The summed E-state index contributed by atoms with van der Waals surface area (Å²) in [6.07, 6.45) is -4.87. The lowest BCUT2D eigenvalue weighted by Gasteiger charge is -2.12. The second-order valence-corrected chi connectivity index (χ2v) is 4.75. The molecule has 1 aromatic rings. The van der Waals surface area contributed by atoms with Crippen LogP contribution >= 0.6 is 15.9 Å². The van der Waals surface area contributed by atoms with E-state index in [9.17, 15) is 22.8 Å². The molecule has 2 N–H and O–H groups in total. The number of ether oxygens (including phenoxy) is 2. The van der Waals surface area contributed by atoms with Gasteiger partial charge in [-0.15, -0.1) is 13.2 Å². The highest BCUT2D eigenvalue weighted by Gasteiger charge is 2.32. The van der Waals surface area contributed by atoms with E-state index < -0.39 is 30.6 Å². The second-order valence-electron chi connectivity index (χ2n) is 3.90. The van der Waals surface area contributed by atoms with Gasteiger partial charge in [0.05, 0.1) is 11.1 Å². The van der Waals surface area contributed by atoms with Gasteiger partial charge in [-0.1, -0.05) is 0 Å². The van der Waals surface area contributed by atoms with Crippen molar-refractivity contribution in [1.29, 1.82) is 0 Å². The third-order valence-electron chi connectivity index (χ3n) is 2.18. The average molecular weight is 386 g/mol. The standard InChI is InChI=1S/C12H11BrF3NO5/c13-8-2-1-7(5-9(8)22-12(14,15)16)11(20)17-3-4-21-6-10(18)19/h1-2,5H,3-4,6H2,(H,17,20)(H,18,19). The summed E-state index contributed by atoms with van der Waals surface area (Å²) in [5.74, 6) is -2.33. The molecule has 0 atom stereocenters. The molecule has 122 valence electrons. The van der Waals surface area contributed by atoms with Gasteiger partial charge >= 0.3 is 12.3 Å². The number of aliphatic carboxylic acids is 1. The average Bonchev–Trinajstić information content (AvgIpc) is 2.38. The Morgan fingerprint density at radius 1 is 1.32 bits per heavy atom. The molecule has 0 aliphatic carbocycles. The van der Waals surface area contributed by atoms with Crippen molar-refractivity contribution in [3.05, 3.63) is 28.2 Å². The molecule has 0 saturated carbocycles. The van der Waals surface area contributed by atoms with Gasteiger partial charge in [-0.25, -0.2) is 4.79 Å². The fraction of sp³-hybridized carbons (Fsp3) is 0.333. The Hall–Kier alpha value is -1.81. The summed E-state index contributed by atoms with van der Waals surface area (Å²) in [6, 6.07) is 3.49. The van der Waals surface area contributed by atoms with Gasteiger partial charge in [0.2, 0.25) is 0 Å². The third kappa shape index (κ3) is 6.76. The first kappa shape index (κ1) is 18.2. The lowest BCUT2D eigenvalue weighted by atomic mass is 10.2. The van der Waals surface area contributed by atoms with E-state index in [2.05, 4.69) is 26.0 Å². The number of hydrogen-bond donors (Lipinski definition) is 2. The maximum absolute atomic E-state index is 12.2. The van der Waals surface area contributed by atoms with Gasteiger partial charge in [-0.2, -0.15) is 0 Å². The van der Waals surface area contributed by atoms with Crippen molar-refractivity contribution in [3.8, 4) is 5.75 Å². The summed E-state index contributed by atoms with van der Waals surface area (Å²) < 4.78 is 45.1. The molecule has 0 radical (unpaired) electrons. The molecular weight excluding hydrogens is 375 g/mol. The van der Waals surface area contributed by atoms with E-state index in [1.54, 1.807) is 0 Å². The first-order valence-electron chi connectivity index (χ1n) is 5.82. The first-order chi connectivity index (χ1) is 10.2. The van der Waals surface area contributed by atoms with E-state index in [4.69, 9.17) is 9.84 Å². The molecule has 1 aromatic carbocycles. The van der Waals surface area contributed by atoms with Gasteiger partial charge in [0.25, 0.3) is 5.91 Å². The second kappa shape index (κ2) is 7.99. The fourth-order valence-corrected chi connectivity index (χ4v) is 1.67. The SMILES string of the molecule is O=C(O)COCCNC(=O)c1ccc(Br)c(OC(F)(F)F)c1. The molecule has 1 amide bonds. The zero-order valence-corrected chi connectivity index (χ0v) is 12.5. The Bertz CT molecular complexity index is 550. The highest BCUT2D eigenvalue weighted by molar-refractivity contribution is 9.10. The normalized spacial score (nSPS) is 11.1. The Morgan fingerprint density at radius 2 is 2.00 bits per heavy atom. The van der Waals surface area contributed by atoms with Crippen molar-refractivity contribution >= 4 is 27.8 Å². The molecule has 1 rings (SSSR count). The van der Waals surface area contributed by atoms with Crippen LogP contribution in [0.5, 0.6) is 5.75 Å². The smallest absolute Gasteiger partial charge is 0.480 e.